The lowest BCUT2D eigenvalue weighted by Gasteiger charge is -2.20. The highest BCUT2D eigenvalue weighted by Crippen LogP contribution is 2.28. The number of hydrogen-bond acceptors (Lipinski definition) is 6. The number of carboxylic acids is 1. The molecule has 0 unspecified atom stereocenters. The number of hydrogen-bond donors (Lipinski definition) is 1. The smallest absolute Gasteiger partial charge is 0.323 e. The summed E-state index contributed by atoms with van der Waals surface area (Å²) in [5, 5.41) is 19.9. The number of carbonyl (C=O) groups excluding carboxylic acids is 1. The predicted octanol–water partition coefficient (Wildman–Crippen LogP) is 1.49. The standard InChI is InChI=1S/C13H16N2O6S/c1-21-6-5-14(8-12(16)17)13(18)9-3-4-11(22-2)10(7-9)15(19)20/h3-4,7H,5-6,8H2,1-2H3,(H,16,17). The average molecular weight is 328 g/mol. The van der Waals surface area contributed by atoms with Gasteiger partial charge in [0.05, 0.1) is 16.4 Å². The van der Waals surface area contributed by atoms with E-state index in [0.29, 0.717) is 4.90 Å². The number of nitrogens with zero attached hydrogens (tertiary/aromatic N) is 2. The average Bonchev–Trinajstić information content (AvgIpc) is 2.49. The highest BCUT2D eigenvalue weighted by atomic mass is 32.2. The first kappa shape index (κ1) is 17.9. The van der Waals surface area contributed by atoms with Crippen LogP contribution in [0.5, 0.6) is 0 Å². The molecule has 0 heterocycles. The van der Waals surface area contributed by atoms with Crippen LogP contribution in [-0.4, -0.2) is 59.9 Å². The fourth-order valence-electron chi connectivity index (χ4n) is 1.77. The second kappa shape index (κ2) is 8.35. The number of aliphatic carboxylic acids is 1. The third kappa shape index (κ3) is 4.71. The minimum absolute atomic E-state index is 0.0712. The van der Waals surface area contributed by atoms with Crippen LogP contribution in [-0.2, 0) is 9.53 Å². The van der Waals surface area contributed by atoms with Gasteiger partial charge in [0.2, 0.25) is 0 Å². The molecule has 1 aromatic carbocycles. The lowest BCUT2D eigenvalue weighted by molar-refractivity contribution is -0.387. The number of ether oxygens (including phenoxy) is 1. The Labute approximate surface area is 131 Å². The summed E-state index contributed by atoms with van der Waals surface area (Å²) in [6.45, 7) is -0.246. The van der Waals surface area contributed by atoms with E-state index in [2.05, 4.69) is 0 Å². The highest BCUT2D eigenvalue weighted by molar-refractivity contribution is 7.98. The van der Waals surface area contributed by atoms with Gasteiger partial charge in [-0.05, 0) is 18.4 Å². The molecule has 0 saturated heterocycles. The molecular formula is C13H16N2O6S. The van der Waals surface area contributed by atoms with E-state index in [0.717, 1.165) is 11.0 Å². The van der Waals surface area contributed by atoms with Gasteiger partial charge in [0.25, 0.3) is 11.6 Å². The van der Waals surface area contributed by atoms with Crippen LogP contribution < -0.4 is 0 Å². The molecule has 0 spiro atoms. The monoisotopic (exact) mass is 328 g/mol. The number of carboxylic acid groups (broad SMARTS) is 1. The second-order valence-corrected chi connectivity index (χ2v) is 5.11. The first-order valence-corrected chi connectivity index (χ1v) is 7.45. The van der Waals surface area contributed by atoms with Crippen LogP contribution in [0, 0.1) is 10.1 Å². The van der Waals surface area contributed by atoms with Crippen LogP contribution in [0.25, 0.3) is 0 Å². The molecule has 8 nitrogen and oxygen atoms in total. The van der Waals surface area contributed by atoms with Crippen molar-refractivity contribution in [3.63, 3.8) is 0 Å². The zero-order valence-electron chi connectivity index (χ0n) is 12.1. The second-order valence-electron chi connectivity index (χ2n) is 4.26. The van der Waals surface area contributed by atoms with Gasteiger partial charge in [0.15, 0.2) is 0 Å². The minimum atomic E-state index is -1.17. The Morgan fingerprint density at radius 1 is 1.45 bits per heavy atom. The van der Waals surface area contributed by atoms with Crippen molar-refractivity contribution < 1.29 is 24.4 Å². The van der Waals surface area contributed by atoms with Gasteiger partial charge in [-0.25, -0.2) is 0 Å². The topological polar surface area (TPSA) is 110 Å². The van der Waals surface area contributed by atoms with Crippen LogP contribution in [0.3, 0.4) is 0 Å². The zero-order chi connectivity index (χ0) is 16.7. The van der Waals surface area contributed by atoms with Crippen LogP contribution in [0.15, 0.2) is 23.1 Å². The molecule has 0 aliphatic rings. The number of rotatable bonds is 8. The Bertz CT molecular complexity index is 578. The van der Waals surface area contributed by atoms with Gasteiger partial charge < -0.3 is 14.7 Å². The maximum Gasteiger partial charge on any atom is 0.323 e. The normalized spacial score (nSPS) is 10.3. The SMILES string of the molecule is COCCN(CC(=O)O)C(=O)c1ccc(SC)c([N+](=O)[O-])c1. The van der Waals surface area contributed by atoms with E-state index < -0.39 is 23.3 Å². The fourth-order valence-corrected chi connectivity index (χ4v) is 2.31. The predicted molar refractivity (Wildman–Crippen MR) is 80.3 cm³/mol. The van der Waals surface area contributed by atoms with Crippen molar-refractivity contribution in [1.29, 1.82) is 0 Å². The number of methoxy groups -OCH3 is 1. The maximum absolute atomic E-state index is 12.3. The molecule has 1 N–H and O–H groups in total. The number of carbonyl (C=O) groups is 2. The van der Waals surface area contributed by atoms with Crippen LogP contribution in [0.1, 0.15) is 10.4 Å². The molecule has 0 saturated carbocycles. The first-order valence-electron chi connectivity index (χ1n) is 6.23. The molecule has 1 amide bonds. The molecule has 1 rings (SSSR count). The number of thioether (sulfide) groups is 1. The summed E-state index contributed by atoms with van der Waals surface area (Å²) in [5.41, 5.74) is -0.109. The number of amides is 1. The van der Waals surface area contributed by atoms with E-state index >= 15 is 0 Å². The molecular weight excluding hydrogens is 312 g/mol. The number of nitro groups is 1. The van der Waals surface area contributed by atoms with Gasteiger partial charge in [-0.1, -0.05) is 0 Å². The Morgan fingerprint density at radius 2 is 2.14 bits per heavy atom. The Hall–Kier alpha value is -2.13. The van der Waals surface area contributed by atoms with Gasteiger partial charge in [-0.15, -0.1) is 11.8 Å². The molecule has 0 atom stereocenters. The van der Waals surface area contributed by atoms with Crippen molar-refractivity contribution in [3.05, 3.63) is 33.9 Å². The maximum atomic E-state index is 12.3. The van der Waals surface area contributed by atoms with Crippen molar-refractivity contribution in [3.8, 4) is 0 Å². The van der Waals surface area contributed by atoms with Gasteiger partial charge >= 0.3 is 5.97 Å². The van der Waals surface area contributed by atoms with E-state index in [9.17, 15) is 19.7 Å². The van der Waals surface area contributed by atoms with Crippen molar-refractivity contribution >= 4 is 29.3 Å². The number of benzene rings is 1. The van der Waals surface area contributed by atoms with Crippen molar-refractivity contribution in [2.24, 2.45) is 0 Å². The van der Waals surface area contributed by atoms with E-state index in [4.69, 9.17) is 9.84 Å². The van der Waals surface area contributed by atoms with E-state index in [1.165, 1.54) is 31.0 Å². The van der Waals surface area contributed by atoms with Gasteiger partial charge in [-0.2, -0.15) is 0 Å². The molecule has 22 heavy (non-hydrogen) atoms. The van der Waals surface area contributed by atoms with Gasteiger partial charge in [0.1, 0.15) is 6.54 Å². The minimum Gasteiger partial charge on any atom is -0.480 e. The molecule has 120 valence electrons. The summed E-state index contributed by atoms with van der Waals surface area (Å²) in [7, 11) is 1.43. The highest BCUT2D eigenvalue weighted by Gasteiger charge is 2.22. The van der Waals surface area contributed by atoms with Crippen LogP contribution >= 0.6 is 11.8 Å². The third-order valence-corrected chi connectivity index (χ3v) is 3.59. The first-order chi connectivity index (χ1) is 10.4. The quantitative estimate of drug-likeness (QED) is 0.437. The summed E-state index contributed by atoms with van der Waals surface area (Å²) in [4.78, 5) is 35.1. The molecule has 0 aliphatic carbocycles. The van der Waals surface area contributed by atoms with E-state index in [1.807, 2.05) is 0 Å². The Kier molecular flexibility index (Phi) is 6.80. The molecule has 0 fully saturated rings. The van der Waals surface area contributed by atoms with Gasteiger partial charge in [0, 0.05) is 25.3 Å². The number of nitro benzene ring substituents is 1. The third-order valence-electron chi connectivity index (χ3n) is 2.80. The summed E-state index contributed by atoms with van der Waals surface area (Å²) < 4.78 is 4.84. The fraction of sp³-hybridized carbons (Fsp3) is 0.385. The van der Waals surface area contributed by atoms with E-state index in [1.54, 1.807) is 6.26 Å². The summed E-state index contributed by atoms with van der Waals surface area (Å²) in [5.74, 6) is -1.75. The molecule has 0 aromatic heterocycles. The summed E-state index contributed by atoms with van der Waals surface area (Å²) in [6.07, 6.45) is 1.69. The zero-order valence-corrected chi connectivity index (χ0v) is 13.0. The molecule has 0 bridgehead atoms. The summed E-state index contributed by atoms with van der Waals surface area (Å²) >= 11 is 1.20. The lowest BCUT2D eigenvalue weighted by atomic mass is 10.1. The van der Waals surface area contributed by atoms with Crippen molar-refractivity contribution in [2.75, 3.05) is 33.1 Å². The van der Waals surface area contributed by atoms with Gasteiger partial charge in [-0.3, -0.25) is 19.7 Å². The lowest BCUT2D eigenvalue weighted by Crippen LogP contribution is -2.38. The van der Waals surface area contributed by atoms with Crippen LogP contribution in [0.2, 0.25) is 0 Å². The molecule has 0 aliphatic heterocycles. The summed E-state index contributed by atoms with van der Waals surface area (Å²) in [6, 6.07) is 4.09. The largest absolute Gasteiger partial charge is 0.480 e. The molecule has 1 aromatic rings. The van der Waals surface area contributed by atoms with Crippen molar-refractivity contribution in [2.45, 2.75) is 4.90 Å². The Balaban J connectivity index is 3.09. The molecule has 9 heteroatoms. The van der Waals surface area contributed by atoms with E-state index in [-0.39, 0.29) is 24.4 Å². The Morgan fingerprint density at radius 3 is 2.64 bits per heavy atom. The van der Waals surface area contributed by atoms with Crippen LogP contribution in [0.4, 0.5) is 5.69 Å². The van der Waals surface area contributed by atoms with Crippen molar-refractivity contribution in [1.82, 2.24) is 4.90 Å². The molecule has 0 radical (unpaired) electrons.